The van der Waals surface area contributed by atoms with Gasteiger partial charge < -0.3 is 10.6 Å². The number of hydrogen-bond acceptors (Lipinski definition) is 2. The van der Waals surface area contributed by atoms with Gasteiger partial charge >= 0.3 is 0 Å². The summed E-state index contributed by atoms with van der Waals surface area (Å²) in [6.07, 6.45) is 6.70. The molecule has 0 heterocycles. The van der Waals surface area contributed by atoms with Gasteiger partial charge in [-0.3, -0.25) is 4.79 Å². The minimum atomic E-state index is 0.0173. The van der Waals surface area contributed by atoms with Crippen molar-refractivity contribution in [1.82, 2.24) is 4.90 Å². The minimum Gasteiger partial charge on any atom is -0.340 e. The molecule has 2 aliphatic carbocycles. The lowest BCUT2D eigenvalue weighted by Gasteiger charge is -2.43. The highest BCUT2D eigenvalue weighted by molar-refractivity contribution is 6.30. The maximum absolute atomic E-state index is 12.0. The van der Waals surface area contributed by atoms with Crippen molar-refractivity contribution < 1.29 is 4.79 Å². The molecule has 0 saturated heterocycles. The molecule has 0 aliphatic heterocycles. The predicted octanol–water partition coefficient (Wildman–Crippen LogP) is 3.74. The summed E-state index contributed by atoms with van der Waals surface area (Å²) in [5.41, 5.74) is 7.44. The number of hydrogen-bond donors (Lipinski definition) is 1. The zero-order valence-electron chi connectivity index (χ0n) is 13.9. The molecule has 0 spiro atoms. The van der Waals surface area contributed by atoms with E-state index in [1.807, 2.05) is 12.1 Å². The summed E-state index contributed by atoms with van der Waals surface area (Å²) < 4.78 is 0. The Bertz CT molecular complexity index is 562. The van der Waals surface area contributed by atoms with E-state index in [1.54, 1.807) is 6.92 Å². The number of nitrogens with zero attached hydrogens (tertiary/aromatic N) is 1. The summed E-state index contributed by atoms with van der Waals surface area (Å²) in [4.78, 5) is 14.2. The Labute approximate surface area is 144 Å². The fourth-order valence-electron chi connectivity index (χ4n) is 4.01. The summed E-state index contributed by atoms with van der Waals surface area (Å²) >= 11 is 6.17. The van der Waals surface area contributed by atoms with Crippen LogP contribution >= 0.6 is 11.6 Å². The van der Waals surface area contributed by atoms with Crippen molar-refractivity contribution in [1.29, 1.82) is 0 Å². The first kappa shape index (κ1) is 16.8. The lowest BCUT2D eigenvalue weighted by atomic mass is 9.68. The number of halogens is 1. The van der Waals surface area contributed by atoms with Crippen LogP contribution in [0.4, 0.5) is 0 Å². The van der Waals surface area contributed by atoms with Crippen LogP contribution in [0.1, 0.15) is 51.0 Å². The van der Waals surface area contributed by atoms with Crippen LogP contribution in [-0.4, -0.2) is 29.9 Å². The van der Waals surface area contributed by atoms with E-state index in [1.165, 1.54) is 18.4 Å². The third-order valence-electron chi connectivity index (χ3n) is 5.74. The standard InChI is InChI=1S/C19H27ClN2O/c1-14(23)22(12-15-5-6-15)18-7-9-19(13-21,10-8-18)16-3-2-4-17(20)11-16/h2-4,11,15,18H,5-10,12-13,21H2,1H3. The zero-order chi connectivity index (χ0) is 16.4. The molecule has 2 aliphatic rings. The smallest absolute Gasteiger partial charge is 0.219 e. The number of nitrogens with two attached hydrogens (primary N) is 1. The van der Waals surface area contributed by atoms with Gasteiger partial charge in [0.1, 0.15) is 0 Å². The van der Waals surface area contributed by atoms with Gasteiger partial charge in [-0.2, -0.15) is 0 Å². The Morgan fingerprint density at radius 1 is 1.30 bits per heavy atom. The van der Waals surface area contributed by atoms with Gasteiger partial charge in [-0.05, 0) is 62.1 Å². The third-order valence-corrected chi connectivity index (χ3v) is 5.97. The molecule has 2 saturated carbocycles. The van der Waals surface area contributed by atoms with Gasteiger partial charge in [0.2, 0.25) is 5.91 Å². The van der Waals surface area contributed by atoms with Crippen molar-refractivity contribution >= 4 is 17.5 Å². The third kappa shape index (κ3) is 3.72. The predicted molar refractivity (Wildman–Crippen MR) is 94.6 cm³/mol. The van der Waals surface area contributed by atoms with Crippen LogP contribution in [0.15, 0.2) is 24.3 Å². The van der Waals surface area contributed by atoms with E-state index in [-0.39, 0.29) is 11.3 Å². The van der Waals surface area contributed by atoms with Gasteiger partial charge in [-0.1, -0.05) is 23.7 Å². The SMILES string of the molecule is CC(=O)N(CC1CC1)C1CCC(CN)(c2cccc(Cl)c2)CC1. The fraction of sp³-hybridized carbons (Fsp3) is 0.632. The van der Waals surface area contributed by atoms with Gasteiger partial charge in [-0.25, -0.2) is 0 Å². The Kier molecular flexibility index (Phi) is 4.98. The molecule has 2 N–H and O–H groups in total. The van der Waals surface area contributed by atoms with Crippen LogP contribution in [0.2, 0.25) is 5.02 Å². The summed E-state index contributed by atoms with van der Waals surface area (Å²) in [7, 11) is 0. The van der Waals surface area contributed by atoms with Crippen LogP contribution in [0.25, 0.3) is 0 Å². The molecule has 126 valence electrons. The zero-order valence-corrected chi connectivity index (χ0v) is 14.7. The molecule has 1 amide bonds. The van der Waals surface area contributed by atoms with Crippen LogP contribution in [-0.2, 0) is 10.2 Å². The molecule has 0 bridgehead atoms. The second-order valence-electron chi connectivity index (χ2n) is 7.34. The molecule has 0 unspecified atom stereocenters. The van der Waals surface area contributed by atoms with Crippen molar-refractivity contribution in [3.05, 3.63) is 34.9 Å². The second kappa shape index (κ2) is 6.82. The molecule has 3 nitrogen and oxygen atoms in total. The second-order valence-corrected chi connectivity index (χ2v) is 7.78. The summed E-state index contributed by atoms with van der Waals surface area (Å²) in [5.74, 6) is 0.970. The lowest BCUT2D eigenvalue weighted by Crippen LogP contribution is -2.47. The molecule has 23 heavy (non-hydrogen) atoms. The highest BCUT2D eigenvalue weighted by Crippen LogP contribution is 2.41. The van der Waals surface area contributed by atoms with Gasteiger partial charge in [0, 0.05) is 36.5 Å². The maximum atomic E-state index is 12.0. The molecule has 1 aromatic rings. The van der Waals surface area contributed by atoms with Crippen LogP contribution in [0.5, 0.6) is 0 Å². The van der Waals surface area contributed by atoms with Crippen molar-refractivity contribution in [3.8, 4) is 0 Å². The lowest BCUT2D eigenvalue weighted by molar-refractivity contribution is -0.132. The minimum absolute atomic E-state index is 0.0173. The van der Waals surface area contributed by atoms with E-state index < -0.39 is 0 Å². The largest absolute Gasteiger partial charge is 0.340 e. The highest BCUT2D eigenvalue weighted by atomic mass is 35.5. The molecular weight excluding hydrogens is 308 g/mol. The Balaban J connectivity index is 1.71. The molecule has 0 aromatic heterocycles. The van der Waals surface area contributed by atoms with Gasteiger partial charge in [-0.15, -0.1) is 0 Å². The van der Waals surface area contributed by atoms with Crippen molar-refractivity contribution in [2.24, 2.45) is 11.7 Å². The Morgan fingerprint density at radius 3 is 2.52 bits per heavy atom. The number of benzene rings is 1. The van der Waals surface area contributed by atoms with Crippen LogP contribution in [0, 0.1) is 5.92 Å². The van der Waals surface area contributed by atoms with Gasteiger partial charge in [0.05, 0.1) is 0 Å². The van der Waals surface area contributed by atoms with Crippen molar-refractivity contribution in [3.63, 3.8) is 0 Å². The molecule has 3 rings (SSSR count). The average Bonchev–Trinajstić information content (AvgIpc) is 3.37. The maximum Gasteiger partial charge on any atom is 0.219 e. The first-order valence-electron chi connectivity index (χ1n) is 8.77. The molecule has 1 aromatic carbocycles. The van der Waals surface area contributed by atoms with E-state index in [4.69, 9.17) is 17.3 Å². The molecular formula is C19H27ClN2O. The van der Waals surface area contributed by atoms with E-state index in [0.717, 1.165) is 43.2 Å². The normalized spacial score (nSPS) is 27.7. The van der Waals surface area contributed by atoms with Crippen LogP contribution < -0.4 is 5.73 Å². The van der Waals surface area contributed by atoms with E-state index in [9.17, 15) is 4.79 Å². The number of rotatable bonds is 5. The molecule has 0 radical (unpaired) electrons. The van der Waals surface area contributed by atoms with Gasteiger partial charge in [0.15, 0.2) is 0 Å². The molecule has 0 atom stereocenters. The Morgan fingerprint density at radius 2 is 2.00 bits per heavy atom. The van der Waals surface area contributed by atoms with Crippen molar-refractivity contribution in [2.75, 3.05) is 13.1 Å². The average molecular weight is 335 g/mol. The summed E-state index contributed by atoms with van der Waals surface area (Å²) in [5, 5.41) is 0.775. The monoisotopic (exact) mass is 334 g/mol. The van der Waals surface area contributed by atoms with E-state index >= 15 is 0 Å². The quantitative estimate of drug-likeness (QED) is 0.891. The number of amides is 1. The number of carbonyl (C=O) groups is 1. The number of carbonyl (C=O) groups excluding carboxylic acids is 1. The van der Waals surface area contributed by atoms with Gasteiger partial charge in [0.25, 0.3) is 0 Å². The molecule has 2 fully saturated rings. The highest BCUT2D eigenvalue weighted by Gasteiger charge is 2.39. The molecule has 4 heteroatoms. The van der Waals surface area contributed by atoms with E-state index in [2.05, 4.69) is 17.0 Å². The van der Waals surface area contributed by atoms with Crippen molar-refractivity contribution in [2.45, 2.75) is 56.9 Å². The Hall–Kier alpha value is -1.06. The first-order valence-corrected chi connectivity index (χ1v) is 9.15. The summed E-state index contributed by atoms with van der Waals surface area (Å²) in [6.45, 7) is 3.31. The first-order chi connectivity index (χ1) is 11.0. The summed E-state index contributed by atoms with van der Waals surface area (Å²) in [6, 6.07) is 8.50. The topological polar surface area (TPSA) is 46.3 Å². The van der Waals surface area contributed by atoms with Crippen LogP contribution in [0.3, 0.4) is 0 Å². The van der Waals surface area contributed by atoms with E-state index in [0.29, 0.717) is 12.6 Å². The fourth-order valence-corrected chi connectivity index (χ4v) is 4.20.